The Morgan fingerprint density at radius 2 is 2.24 bits per heavy atom. The van der Waals surface area contributed by atoms with Crippen LogP contribution in [0.5, 0.6) is 0 Å². The summed E-state index contributed by atoms with van der Waals surface area (Å²) >= 11 is 0. The lowest BCUT2D eigenvalue weighted by Crippen LogP contribution is -2.58. The zero-order valence-electron chi connectivity index (χ0n) is 11.1. The predicted octanol–water partition coefficient (Wildman–Crippen LogP) is 0.915. The van der Waals surface area contributed by atoms with E-state index in [1.54, 1.807) is 0 Å². The van der Waals surface area contributed by atoms with Crippen molar-refractivity contribution in [2.75, 3.05) is 26.7 Å². The van der Waals surface area contributed by atoms with E-state index in [4.69, 9.17) is 0 Å². The summed E-state index contributed by atoms with van der Waals surface area (Å²) in [5, 5.41) is 3.39. The average Bonchev–Trinajstić information content (AvgIpc) is 2.33. The van der Waals surface area contributed by atoms with Gasteiger partial charge < -0.3 is 10.2 Å². The van der Waals surface area contributed by atoms with Crippen molar-refractivity contribution in [2.24, 2.45) is 4.99 Å². The number of likely N-dealkylation sites (N-methyl/N-ethyl adjacent to an activating group) is 1. The Hall–Kier alpha value is -0.870. The van der Waals surface area contributed by atoms with Crippen molar-refractivity contribution in [3.8, 4) is 0 Å². The van der Waals surface area contributed by atoms with Crippen molar-refractivity contribution in [3.63, 3.8) is 0 Å². The molecule has 2 rings (SSSR count). The molecule has 0 saturated carbocycles. The smallest absolute Gasteiger partial charge is 0.0843 e. The molecule has 0 aromatic heterocycles. The summed E-state index contributed by atoms with van der Waals surface area (Å²) in [7, 11) is 2.21. The van der Waals surface area contributed by atoms with Gasteiger partial charge in [0, 0.05) is 32.1 Å². The van der Waals surface area contributed by atoms with Crippen molar-refractivity contribution in [3.05, 3.63) is 12.2 Å². The second-order valence-corrected chi connectivity index (χ2v) is 5.11. The average molecular weight is 236 g/mol. The molecule has 4 heteroatoms. The molecule has 0 radical (unpaired) electrons. The molecule has 0 bridgehead atoms. The van der Waals surface area contributed by atoms with Crippen LogP contribution < -0.4 is 5.32 Å². The van der Waals surface area contributed by atoms with Crippen LogP contribution in [-0.4, -0.2) is 61.1 Å². The van der Waals surface area contributed by atoms with Crippen LogP contribution in [0.1, 0.15) is 20.3 Å². The van der Waals surface area contributed by atoms with Gasteiger partial charge in [-0.2, -0.15) is 0 Å². The fraction of sp³-hybridized carbons (Fsp3) is 0.769. The van der Waals surface area contributed by atoms with Crippen LogP contribution in [0.15, 0.2) is 17.1 Å². The van der Waals surface area contributed by atoms with Gasteiger partial charge in [0.1, 0.15) is 0 Å². The summed E-state index contributed by atoms with van der Waals surface area (Å²) < 4.78 is 0. The van der Waals surface area contributed by atoms with Gasteiger partial charge >= 0.3 is 0 Å². The highest BCUT2D eigenvalue weighted by atomic mass is 15.3. The maximum Gasteiger partial charge on any atom is 0.0843 e. The summed E-state index contributed by atoms with van der Waals surface area (Å²) in [4.78, 5) is 9.41. The molecule has 0 aromatic carbocycles. The summed E-state index contributed by atoms with van der Waals surface area (Å²) in [6.07, 6.45) is 7.68. The fourth-order valence-electron chi connectivity index (χ4n) is 2.55. The molecule has 4 nitrogen and oxygen atoms in total. The lowest BCUT2D eigenvalue weighted by molar-refractivity contribution is 0.0607. The second-order valence-electron chi connectivity index (χ2n) is 5.11. The maximum absolute atomic E-state index is 4.44. The van der Waals surface area contributed by atoms with Crippen molar-refractivity contribution < 1.29 is 0 Å². The molecule has 1 N–H and O–H groups in total. The third-order valence-corrected chi connectivity index (χ3v) is 3.84. The van der Waals surface area contributed by atoms with E-state index < -0.39 is 0 Å². The van der Waals surface area contributed by atoms with Gasteiger partial charge in [0.2, 0.25) is 0 Å². The van der Waals surface area contributed by atoms with Crippen molar-refractivity contribution in [1.82, 2.24) is 15.1 Å². The largest absolute Gasteiger partial charge is 0.361 e. The van der Waals surface area contributed by atoms with Crippen molar-refractivity contribution in [1.29, 1.82) is 0 Å². The number of nitrogens with zero attached hydrogens (tertiary/aromatic N) is 3. The Balaban J connectivity index is 1.92. The lowest BCUT2D eigenvalue weighted by Gasteiger charge is -2.43. The third kappa shape index (κ3) is 3.07. The summed E-state index contributed by atoms with van der Waals surface area (Å²) in [5.41, 5.74) is 0. The first kappa shape index (κ1) is 12.6. The van der Waals surface area contributed by atoms with Crippen LogP contribution >= 0.6 is 0 Å². The molecule has 3 atom stereocenters. The summed E-state index contributed by atoms with van der Waals surface area (Å²) in [5.74, 6) is 0. The molecular weight excluding hydrogens is 212 g/mol. The quantitative estimate of drug-likeness (QED) is 0.723. The van der Waals surface area contributed by atoms with E-state index in [9.17, 15) is 0 Å². The zero-order chi connectivity index (χ0) is 12.3. The van der Waals surface area contributed by atoms with Gasteiger partial charge in [0.15, 0.2) is 0 Å². The Morgan fingerprint density at radius 3 is 2.94 bits per heavy atom. The molecular formula is C13H24N4. The van der Waals surface area contributed by atoms with Crippen LogP contribution in [0, 0.1) is 0 Å². The van der Waals surface area contributed by atoms with E-state index in [1.807, 2.05) is 6.34 Å². The highest BCUT2D eigenvalue weighted by Gasteiger charge is 2.28. The number of hydrogen-bond donors (Lipinski definition) is 1. The molecule has 2 aliphatic heterocycles. The molecule has 96 valence electrons. The second kappa shape index (κ2) is 5.65. The number of allylic oxidation sites excluding steroid dienone is 1. The minimum absolute atomic E-state index is 0.348. The minimum atomic E-state index is 0.348. The van der Waals surface area contributed by atoms with Crippen molar-refractivity contribution in [2.45, 2.75) is 38.5 Å². The highest BCUT2D eigenvalue weighted by molar-refractivity contribution is 5.56. The number of aliphatic imine (C=N–C) groups is 1. The third-order valence-electron chi connectivity index (χ3n) is 3.84. The van der Waals surface area contributed by atoms with E-state index in [0.717, 1.165) is 26.1 Å². The Bertz CT molecular complexity index is 300. The molecule has 0 amide bonds. The lowest BCUT2D eigenvalue weighted by atomic mass is 10.1. The van der Waals surface area contributed by atoms with E-state index in [0.29, 0.717) is 18.2 Å². The Labute approximate surface area is 104 Å². The molecule has 0 aromatic rings. The van der Waals surface area contributed by atoms with Crippen LogP contribution in [0.2, 0.25) is 0 Å². The van der Waals surface area contributed by atoms with Crippen LogP contribution in [0.3, 0.4) is 0 Å². The van der Waals surface area contributed by atoms with E-state index >= 15 is 0 Å². The summed E-state index contributed by atoms with van der Waals surface area (Å²) in [6.45, 7) is 7.81. The molecule has 2 heterocycles. The Morgan fingerprint density at radius 1 is 1.41 bits per heavy atom. The molecule has 0 aliphatic carbocycles. The van der Waals surface area contributed by atoms with Crippen molar-refractivity contribution >= 4 is 6.34 Å². The normalized spacial score (nSPS) is 36.3. The van der Waals surface area contributed by atoms with E-state index in [1.165, 1.54) is 0 Å². The summed E-state index contributed by atoms with van der Waals surface area (Å²) in [6, 6.07) is 0.991. The van der Waals surface area contributed by atoms with Crippen LogP contribution in [0.4, 0.5) is 0 Å². The SMILES string of the molecule is C/C=C\C1CC(N2CCN(C)[C@H](C)C2)NC=N1. The van der Waals surface area contributed by atoms with Gasteiger partial charge in [0.05, 0.1) is 18.5 Å². The number of hydrogen-bond acceptors (Lipinski definition) is 4. The number of piperazine rings is 1. The van der Waals surface area contributed by atoms with E-state index in [2.05, 4.69) is 53.2 Å². The maximum atomic E-state index is 4.44. The highest BCUT2D eigenvalue weighted by Crippen LogP contribution is 2.16. The van der Waals surface area contributed by atoms with Gasteiger partial charge in [-0.05, 0) is 20.9 Å². The van der Waals surface area contributed by atoms with Gasteiger partial charge in [-0.25, -0.2) is 0 Å². The topological polar surface area (TPSA) is 30.9 Å². The van der Waals surface area contributed by atoms with Crippen LogP contribution in [0.25, 0.3) is 0 Å². The van der Waals surface area contributed by atoms with Gasteiger partial charge in [-0.3, -0.25) is 9.89 Å². The van der Waals surface area contributed by atoms with Gasteiger partial charge in [-0.1, -0.05) is 12.2 Å². The molecule has 17 heavy (non-hydrogen) atoms. The number of rotatable bonds is 2. The van der Waals surface area contributed by atoms with Gasteiger partial charge in [0.25, 0.3) is 0 Å². The first-order valence-electron chi connectivity index (χ1n) is 6.55. The first-order valence-corrected chi connectivity index (χ1v) is 6.55. The van der Waals surface area contributed by atoms with Gasteiger partial charge in [-0.15, -0.1) is 0 Å². The monoisotopic (exact) mass is 236 g/mol. The molecule has 1 fully saturated rings. The Kier molecular flexibility index (Phi) is 4.18. The zero-order valence-corrected chi connectivity index (χ0v) is 11.1. The standard InChI is InChI=1S/C13H24N4/c1-4-5-12-8-13(15-10-14-12)17-7-6-16(3)11(2)9-17/h4-5,10-13H,6-9H2,1-3H3,(H,14,15)/b5-4-/t11-,12?,13?/m1/s1. The number of nitrogens with one attached hydrogen (secondary N) is 1. The first-order chi connectivity index (χ1) is 8.20. The minimum Gasteiger partial charge on any atom is -0.361 e. The van der Waals surface area contributed by atoms with E-state index in [-0.39, 0.29) is 0 Å². The van der Waals surface area contributed by atoms with Crippen LogP contribution in [-0.2, 0) is 0 Å². The molecule has 2 aliphatic rings. The molecule has 0 spiro atoms. The molecule has 2 unspecified atom stereocenters. The molecule has 1 saturated heterocycles. The fourth-order valence-corrected chi connectivity index (χ4v) is 2.55. The predicted molar refractivity (Wildman–Crippen MR) is 72.3 cm³/mol.